The van der Waals surface area contributed by atoms with Gasteiger partial charge in [0, 0.05) is 61.5 Å². The summed E-state index contributed by atoms with van der Waals surface area (Å²) in [5.41, 5.74) is 16.4. The first-order valence-electron chi connectivity index (χ1n) is 30.5. The summed E-state index contributed by atoms with van der Waals surface area (Å²) in [6.45, 7) is 20.0. The number of benzene rings is 12. The Bertz CT molecular complexity index is 4130. The van der Waals surface area contributed by atoms with Gasteiger partial charge in [0.25, 0.3) is 0 Å². The first-order chi connectivity index (χ1) is 42.5. The Hall–Kier alpha value is -10.2. The highest BCUT2D eigenvalue weighted by Crippen LogP contribution is 2.42. The largest absolute Gasteiger partial charge is 0.336 e. The van der Waals surface area contributed by atoms with Gasteiger partial charge < -0.3 is 9.80 Å². The topological polar surface area (TPSA) is 45.2 Å². The van der Waals surface area contributed by atoms with E-state index in [1.807, 2.05) is 0 Å². The van der Waals surface area contributed by atoms with E-state index in [9.17, 15) is 0 Å². The molecule has 0 aliphatic carbocycles. The summed E-state index contributed by atoms with van der Waals surface area (Å²) in [5, 5.41) is 4.78. The molecule has 0 radical (unpaired) electrons. The molecule has 1 heterocycles. The van der Waals surface area contributed by atoms with Crippen LogP contribution < -0.4 is 9.80 Å². The van der Waals surface area contributed by atoms with Crippen LogP contribution >= 0.6 is 0 Å². The molecule has 0 N–H and O–H groups in total. The van der Waals surface area contributed by atoms with E-state index in [-0.39, 0.29) is 16.5 Å². The normalized spacial score (nSPS) is 11.5. The van der Waals surface area contributed by atoms with Crippen LogP contribution in [0.15, 0.2) is 303 Å². The third kappa shape index (κ3) is 14.0. The lowest BCUT2D eigenvalue weighted by atomic mass is 9.95. The van der Waals surface area contributed by atoms with E-state index in [0.29, 0.717) is 11.6 Å². The van der Waals surface area contributed by atoms with Crippen LogP contribution in [0.4, 0.5) is 22.7 Å². The fraction of sp³-hybridized carbons (Fsp3) is 0.145. The van der Waals surface area contributed by atoms with Gasteiger partial charge in [0.15, 0.2) is 11.6 Å². The van der Waals surface area contributed by atoms with Gasteiger partial charge in [-0.3, -0.25) is 0 Å². The molecule has 0 fully saturated rings. The third-order valence-electron chi connectivity index (χ3n) is 15.6. The Kier molecular flexibility index (Phi) is 17.7. The molecule has 0 saturated heterocycles. The number of aromatic nitrogens is 3. The van der Waals surface area contributed by atoms with E-state index in [0.717, 1.165) is 17.0 Å². The molecule has 434 valence electrons. The molecule has 0 aliphatic heterocycles. The minimum Gasteiger partial charge on any atom is -0.336 e. The van der Waals surface area contributed by atoms with Crippen LogP contribution in [-0.4, -0.2) is 26.0 Å². The minimum atomic E-state index is -0.180. The molecular weight excluding hydrogens is 1070 g/mol. The predicted molar refractivity (Wildman–Crippen MR) is 376 cm³/mol. The highest BCUT2D eigenvalue weighted by molar-refractivity contribution is 5.89. The lowest BCUT2D eigenvalue weighted by Crippen LogP contribution is -2.37. The molecule has 13 aromatic rings. The second-order valence-electron chi connectivity index (χ2n) is 25.3. The first kappa shape index (κ1) is 59.5. The van der Waals surface area contributed by atoms with Crippen LogP contribution in [0.2, 0.25) is 0 Å². The number of rotatable bonds is 10. The second-order valence-corrected chi connectivity index (χ2v) is 25.3. The highest BCUT2D eigenvalue weighted by atomic mass is 15.2. The molecule has 0 amide bonds. The van der Waals surface area contributed by atoms with E-state index in [1.165, 1.54) is 88.8 Å². The molecule has 0 aliphatic rings. The zero-order chi connectivity index (χ0) is 61.3. The smallest absolute Gasteiger partial charge is 0.163 e. The van der Waals surface area contributed by atoms with E-state index >= 15 is 0 Å². The van der Waals surface area contributed by atoms with Crippen LogP contribution in [0.5, 0.6) is 0 Å². The van der Waals surface area contributed by atoms with Gasteiger partial charge in [-0.2, -0.15) is 0 Å². The molecular formula is C83H77N5. The van der Waals surface area contributed by atoms with Crippen molar-refractivity contribution < 1.29 is 0 Å². The molecule has 1 aromatic heterocycles. The van der Waals surface area contributed by atoms with Crippen LogP contribution in [0.25, 0.3) is 88.8 Å². The van der Waals surface area contributed by atoms with Gasteiger partial charge in [-0.1, -0.05) is 276 Å². The number of nitrogens with zero attached hydrogens (tertiary/aromatic N) is 5. The van der Waals surface area contributed by atoms with Crippen LogP contribution in [-0.2, 0) is 5.41 Å². The summed E-state index contributed by atoms with van der Waals surface area (Å²) in [7, 11) is 0. The number of fused-ring (bicyclic) bond motifs is 2. The van der Waals surface area contributed by atoms with Gasteiger partial charge in [-0.15, -0.1) is 0 Å². The van der Waals surface area contributed by atoms with E-state index in [1.54, 1.807) is 0 Å². The van der Waals surface area contributed by atoms with Gasteiger partial charge in [-0.05, 0) is 145 Å². The molecule has 0 spiro atoms. The van der Waals surface area contributed by atoms with Crippen molar-refractivity contribution in [1.82, 2.24) is 15.0 Å². The van der Waals surface area contributed by atoms with Crippen molar-refractivity contribution in [1.29, 1.82) is 0 Å². The van der Waals surface area contributed by atoms with E-state index in [2.05, 4.69) is 375 Å². The maximum atomic E-state index is 4.88. The molecule has 13 rings (SSSR count). The molecule has 5 nitrogen and oxygen atoms in total. The van der Waals surface area contributed by atoms with Crippen molar-refractivity contribution in [2.75, 3.05) is 9.80 Å². The molecule has 88 heavy (non-hydrogen) atoms. The molecule has 5 heteroatoms. The Morgan fingerprint density at radius 3 is 0.864 bits per heavy atom. The molecule has 0 atom stereocenters. The zero-order valence-corrected chi connectivity index (χ0v) is 52.1. The van der Waals surface area contributed by atoms with Crippen LogP contribution in [0.3, 0.4) is 0 Å². The first-order valence-corrected chi connectivity index (χ1v) is 30.5. The lowest BCUT2D eigenvalue weighted by molar-refractivity contribution is 0.543. The second kappa shape index (κ2) is 26.2. The summed E-state index contributed by atoms with van der Waals surface area (Å²) < 4.78 is 0. The SMILES string of the molecule is CC(C)(C)N(c1ccc(-c2ccccc2)cc1)c1ccccc1-c1ccccc1.CC(C)(C)N(c1ccc(-c2ccccc2)cc1)c1ccccc1-c1ccccc1.CC(C)(C)c1nc(-c2ccc3ccccc3c2)nc(-c2ccc3ccccc3c2)n1. The monoisotopic (exact) mass is 1140 g/mol. The fourth-order valence-corrected chi connectivity index (χ4v) is 11.3. The third-order valence-corrected chi connectivity index (χ3v) is 15.6. The average Bonchev–Trinajstić information content (AvgIpc) is 1.32. The summed E-state index contributed by atoms with van der Waals surface area (Å²) in [6.07, 6.45) is 0. The van der Waals surface area contributed by atoms with Crippen LogP contribution in [0, 0.1) is 0 Å². The van der Waals surface area contributed by atoms with Gasteiger partial charge in [0.1, 0.15) is 5.82 Å². The van der Waals surface area contributed by atoms with Gasteiger partial charge >= 0.3 is 0 Å². The Labute approximate surface area is 521 Å². The summed E-state index contributed by atoms with van der Waals surface area (Å²) in [5.74, 6) is 2.22. The predicted octanol–water partition coefficient (Wildman–Crippen LogP) is 22.7. The van der Waals surface area contributed by atoms with Crippen molar-refractivity contribution in [2.24, 2.45) is 0 Å². The van der Waals surface area contributed by atoms with Gasteiger partial charge in [0.2, 0.25) is 0 Å². The molecule has 12 aromatic carbocycles. The van der Waals surface area contributed by atoms with Crippen molar-refractivity contribution >= 4 is 44.3 Å². The highest BCUT2D eigenvalue weighted by Gasteiger charge is 2.28. The number of hydrogen-bond donors (Lipinski definition) is 0. The molecule has 0 unspecified atom stereocenters. The minimum absolute atomic E-state index is 0.0703. The molecule has 0 saturated carbocycles. The van der Waals surface area contributed by atoms with Crippen molar-refractivity contribution in [3.05, 3.63) is 309 Å². The number of anilines is 4. The maximum absolute atomic E-state index is 4.88. The lowest BCUT2D eigenvalue weighted by Gasteiger charge is -2.39. The zero-order valence-electron chi connectivity index (χ0n) is 52.1. The summed E-state index contributed by atoms with van der Waals surface area (Å²) in [6, 6.07) is 107. The fourth-order valence-electron chi connectivity index (χ4n) is 11.3. The summed E-state index contributed by atoms with van der Waals surface area (Å²) in [4.78, 5) is 19.4. The maximum Gasteiger partial charge on any atom is 0.163 e. The summed E-state index contributed by atoms with van der Waals surface area (Å²) >= 11 is 0. The van der Waals surface area contributed by atoms with E-state index in [4.69, 9.17) is 15.0 Å². The van der Waals surface area contributed by atoms with Gasteiger partial charge in [0.05, 0.1) is 0 Å². The van der Waals surface area contributed by atoms with Crippen LogP contribution in [0.1, 0.15) is 68.1 Å². The Morgan fingerprint density at radius 1 is 0.239 bits per heavy atom. The standard InChI is InChI=1S/2C28H27N.C27H23N3/c2*1-28(2,3)29(25-20-18-23(19-21-25)22-12-6-4-7-13-22)27-17-11-10-16-26(27)24-14-8-5-9-15-24;1-27(2,3)26-29-24(22-14-12-18-8-4-6-10-20(18)16-22)28-25(30-26)23-15-13-19-9-5-7-11-21(19)17-23/h2*4-21H,1-3H3;4-17H,1-3H3. The number of para-hydroxylation sites is 2. The van der Waals surface area contributed by atoms with E-state index < -0.39 is 0 Å². The number of hydrogen-bond acceptors (Lipinski definition) is 5. The van der Waals surface area contributed by atoms with Crippen molar-refractivity contribution in [3.8, 4) is 67.3 Å². The average molecular weight is 1140 g/mol. The van der Waals surface area contributed by atoms with Gasteiger partial charge in [-0.25, -0.2) is 15.0 Å². The van der Waals surface area contributed by atoms with Crippen molar-refractivity contribution in [3.63, 3.8) is 0 Å². The Morgan fingerprint density at radius 2 is 0.523 bits per heavy atom. The van der Waals surface area contributed by atoms with Crippen molar-refractivity contribution in [2.45, 2.75) is 78.8 Å². The Balaban J connectivity index is 0.000000136. The quantitative estimate of drug-likeness (QED) is 0.137. The molecule has 0 bridgehead atoms.